The Bertz CT molecular complexity index is 1480. The number of pyridine rings is 2. The van der Waals surface area contributed by atoms with Crippen LogP contribution in [-0.2, 0) is 6.54 Å². The molecule has 0 amide bonds. The number of hydrogen-bond acceptors (Lipinski definition) is 8. The molecule has 1 aliphatic rings. The van der Waals surface area contributed by atoms with Crippen molar-refractivity contribution < 1.29 is 8.78 Å². The normalized spacial score (nSPS) is 13.0. The van der Waals surface area contributed by atoms with Crippen LogP contribution in [0.25, 0.3) is 22.3 Å². The molecular formula is C27H27ClF2N8. The number of anilines is 2. The van der Waals surface area contributed by atoms with Crippen molar-refractivity contribution >= 4 is 34.3 Å². The molecule has 0 unspecified atom stereocenters. The second-order valence-electron chi connectivity index (χ2n) is 8.35. The third kappa shape index (κ3) is 5.64. The van der Waals surface area contributed by atoms with Gasteiger partial charge in [0.15, 0.2) is 5.82 Å². The zero-order valence-electron chi connectivity index (χ0n) is 21.3. The number of hydrogen-bond donors (Lipinski definition) is 2. The van der Waals surface area contributed by atoms with Gasteiger partial charge in [0.2, 0.25) is 5.95 Å². The van der Waals surface area contributed by atoms with Gasteiger partial charge in [0.25, 0.3) is 0 Å². The maximum Gasteiger partial charge on any atom is 0.225 e. The van der Waals surface area contributed by atoms with Gasteiger partial charge >= 0.3 is 0 Å². The molecule has 5 rings (SSSR count). The van der Waals surface area contributed by atoms with Gasteiger partial charge in [-0.1, -0.05) is 25.4 Å². The van der Waals surface area contributed by atoms with E-state index in [1.165, 1.54) is 24.3 Å². The third-order valence-corrected chi connectivity index (χ3v) is 6.42. The first-order valence-electron chi connectivity index (χ1n) is 12.3. The summed E-state index contributed by atoms with van der Waals surface area (Å²) in [5.74, 6) is -0.464. The van der Waals surface area contributed by atoms with E-state index >= 15 is 4.39 Å². The Labute approximate surface area is 224 Å². The number of rotatable bonds is 5. The van der Waals surface area contributed by atoms with Gasteiger partial charge in [-0.25, -0.2) is 28.7 Å². The van der Waals surface area contributed by atoms with Crippen LogP contribution in [0.2, 0.25) is 5.02 Å². The van der Waals surface area contributed by atoms with Crippen molar-refractivity contribution in [2.45, 2.75) is 27.3 Å². The summed E-state index contributed by atoms with van der Waals surface area (Å²) in [6.07, 6.45) is 3.08. The molecule has 1 aromatic carbocycles. The Balaban J connectivity index is 0.00000164. The van der Waals surface area contributed by atoms with Crippen LogP contribution in [0.4, 0.5) is 20.4 Å². The van der Waals surface area contributed by atoms with Crippen LogP contribution in [0.3, 0.4) is 0 Å². The minimum Gasteiger partial charge on any atom is -0.378 e. The molecule has 2 N–H and O–H groups in total. The lowest BCUT2D eigenvalue weighted by Gasteiger charge is -2.27. The molecular weight excluding hydrogens is 510 g/mol. The van der Waals surface area contributed by atoms with Gasteiger partial charge < -0.3 is 15.5 Å². The van der Waals surface area contributed by atoms with Crippen LogP contribution in [0.15, 0.2) is 36.7 Å². The van der Waals surface area contributed by atoms with Crippen molar-refractivity contribution in [3.8, 4) is 17.3 Å². The summed E-state index contributed by atoms with van der Waals surface area (Å²) in [7, 11) is 0. The van der Waals surface area contributed by atoms with E-state index in [4.69, 9.17) is 16.9 Å². The molecule has 196 valence electrons. The predicted molar refractivity (Wildman–Crippen MR) is 145 cm³/mol. The summed E-state index contributed by atoms with van der Waals surface area (Å²) in [6.45, 7) is 9.00. The average Bonchev–Trinajstić information content (AvgIpc) is 2.96. The molecule has 11 heteroatoms. The summed E-state index contributed by atoms with van der Waals surface area (Å²) < 4.78 is 29.4. The van der Waals surface area contributed by atoms with Crippen LogP contribution in [-0.4, -0.2) is 46.1 Å². The highest BCUT2D eigenvalue weighted by atomic mass is 35.5. The molecule has 0 saturated carbocycles. The van der Waals surface area contributed by atoms with Gasteiger partial charge in [-0.15, -0.1) is 0 Å². The van der Waals surface area contributed by atoms with Gasteiger partial charge in [-0.3, -0.25) is 0 Å². The van der Waals surface area contributed by atoms with Crippen molar-refractivity contribution in [2.75, 3.05) is 36.4 Å². The first kappa shape index (κ1) is 27.1. The number of aromatic nitrogens is 4. The maximum absolute atomic E-state index is 15.1. The van der Waals surface area contributed by atoms with Crippen molar-refractivity contribution in [1.82, 2.24) is 25.3 Å². The SMILES string of the molecule is CC.Cc1nc2cc(F)c(-c3cnc(N4CCNCC4)nc3)nc2c(NCc2cc(C#N)ccc2F)c1Cl. The lowest BCUT2D eigenvalue weighted by atomic mass is 10.1. The highest BCUT2D eigenvalue weighted by Crippen LogP contribution is 2.34. The highest BCUT2D eigenvalue weighted by Gasteiger charge is 2.19. The van der Waals surface area contributed by atoms with E-state index in [9.17, 15) is 4.39 Å². The molecule has 0 aliphatic carbocycles. The molecule has 4 heterocycles. The number of nitrogens with zero attached hydrogens (tertiary/aromatic N) is 6. The number of nitriles is 1. The second-order valence-corrected chi connectivity index (χ2v) is 8.73. The summed E-state index contributed by atoms with van der Waals surface area (Å²) in [5.41, 5.74) is 2.56. The fourth-order valence-corrected chi connectivity index (χ4v) is 4.26. The van der Waals surface area contributed by atoms with E-state index in [-0.39, 0.29) is 22.8 Å². The van der Waals surface area contributed by atoms with Crippen molar-refractivity contribution in [3.63, 3.8) is 0 Å². The van der Waals surface area contributed by atoms with E-state index in [2.05, 4.69) is 35.5 Å². The smallest absolute Gasteiger partial charge is 0.225 e. The lowest BCUT2D eigenvalue weighted by molar-refractivity contribution is 0.580. The molecule has 1 fully saturated rings. The largest absolute Gasteiger partial charge is 0.378 e. The molecule has 0 bridgehead atoms. The topological polar surface area (TPSA) is 103 Å². The third-order valence-electron chi connectivity index (χ3n) is 5.96. The van der Waals surface area contributed by atoms with E-state index < -0.39 is 11.6 Å². The summed E-state index contributed by atoms with van der Waals surface area (Å²) >= 11 is 6.54. The molecule has 8 nitrogen and oxygen atoms in total. The Hall–Kier alpha value is -3.94. The Morgan fingerprint density at radius 1 is 1.08 bits per heavy atom. The van der Waals surface area contributed by atoms with Gasteiger partial charge in [0.1, 0.15) is 17.0 Å². The number of aryl methyl sites for hydroxylation is 1. The van der Waals surface area contributed by atoms with Crippen LogP contribution in [0.5, 0.6) is 0 Å². The van der Waals surface area contributed by atoms with Crippen LogP contribution in [0, 0.1) is 29.9 Å². The average molecular weight is 537 g/mol. The predicted octanol–water partition coefficient (Wildman–Crippen LogP) is 5.25. The number of piperazine rings is 1. The van der Waals surface area contributed by atoms with E-state index in [1.807, 2.05) is 19.9 Å². The van der Waals surface area contributed by atoms with E-state index in [0.29, 0.717) is 39.5 Å². The molecule has 0 radical (unpaired) electrons. The lowest BCUT2D eigenvalue weighted by Crippen LogP contribution is -2.44. The molecule has 0 atom stereocenters. The Morgan fingerprint density at radius 3 is 2.47 bits per heavy atom. The summed E-state index contributed by atoms with van der Waals surface area (Å²) in [4.78, 5) is 19.8. The van der Waals surface area contributed by atoms with Gasteiger partial charge in [-0.05, 0) is 25.1 Å². The number of fused-ring (bicyclic) bond motifs is 1. The van der Waals surface area contributed by atoms with Crippen LogP contribution >= 0.6 is 11.6 Å². The molecule has 1 saturated heterocycles. The van der Waals surface area contributed by atoms with Crippen molar-refractivity contribution in [1.29, 1.82) is 5.26 Å². The maximum atomic E-state index is 15.1. The standard InChI is InChI=1S/C25H21ClF2N8.C2H6/c1-14-21(26)24(31-11-16-8-15(10-29)2-3-18(16)27)23-20(34-14)9-19(28)22(35-23)17-12-32-25(33-13-17)36-6-4-30-5-7-36;1-2/h2-3,8-9,12-13,30H,4-7,11H2,1H3,(H,31,34);1-2H3. The molecule has 4 aromatic rings. The summed E-state index contributed by atoms with van der Waals surface area (Å²) in [5, 5.41) is 15.8. The minimum atomic E-state index is -0.575. The highest BCUT2D eigenvalue weighted by molar-refractivity contribution is 6.35. The fourth-order valence-electron chi connectivity index (χ4n) is 4.06. The summed E-state index contributed by atoms with van der Waals surface area (Å²) in [6, 6.07) is 7.39. The van der Waals surface area contributed by atoms with Gasteiger partial charge in [-0.2, -0.15) is 5.26 Å². The van der Waals surface area contributed by atoms with Crippen molar-refractivity contribution in [2.24, 2.45) is 0 Å². The van der Waals surface area contributed by atoms with E-state index in [0.717, 1.165) is 26.2 Å². The number of benzene rings is 1. The quantitative estimate of drug-likeness (QED) is 0.357. The first-order valence-corrected chi connectivity index (χ1v) is 12.7. The van der Waals surface area contributed by atoms with Gasteiger partial charge in [0, 0.05) is 62.3 Å². The monoisotopic (exact) mass is 536 g/mol. The van der Waals surface area contributed by atoms with Crippen LogP contribution in [0.1, 0.15) is 30.7 Å². The zero-order chi connectivity index (χ0) is 27.2. The van der Waals surface area contributed by atoms with Crippen molar-refractivity contribution in [3.05, 3.63) is 70.1 Å². The number of nitrogens with one attached hydrogen (secondary N) is 2. The Morgan fingerprint density at radius 2 is 1.79 bits per heavy atom. The molecule has 0 spiro atoms. The zero-order valence-corrected chi connectivity index (χ0v) is 22.1. The molecule has 3 aromatic heterocycles. The molecule has 38 heavy (non-hydrogen) atoms. The van der Waals surface area contributed by atoms with Crippen LogP contribution < -0.4 is 15.5 Å². The Kier molecular flexibility index (Phi) is 8.61. The number of halogens is 3. The second kappa shape index (κ2) is 12.1. The van der Waals surface area contributed by atoms with Gasteiger partial charge in [0.05, 0.1) is 33.6 Å². The fraction of sp³-hybridized carbons (Fsp3) is 0.296. The van der Waals surface area contributed by atoms with E-state index in [1.54, 1.807) is 19.3 Å². The molecule has 1 aliphatic heterocycles. The first-order chi connectivity index (χ1) is 18.4. The minimum absolute atomic E-state index is 0.0382.